The Morgan fingerprint density at radius 3 is 2.55 bits per heavy atom. The van der Waals surface area contributed by atoms with E-state index in [9.17, 15) is 5.26 Å². The van der Waals surface area contributed by atoms with Crippen molar-refractivity contribution in [1.29, 1.82) is 5.26 Å². The first-order valence-electron chi connectivity index (χ1n) is 7.86. The Hall–Kier alpha value is -1.33. The molecule has 2 rings (SSSR count). The molecule has 20 heavy (non-hydrogen) atoms. The number of rotatable bonds is 7. The smallest absolute Gasteiger partial charge is 0.0852 e. The zero-order chi connectivity index (χ0) is 14.4. The molecule has 2 nitrogen and oxygen atoms in total. The van der Waals surface area contributed by atoms with Gasteiger partial charge in [0.15, 0.2) is 0 Å². The number of hydrogen-bond acceptors (Lipinski definition) is 2. The first-order valence-corrected chi connectivity index (χ1v) is 7.86. The maximum atomic E-state index is 9.50. The van der Waals surface area contributed by atoms with Gasteiger partial charge in [0.1, 0.15) is 0 Å². The molecule has 0 aliphatic heterocycles. The Labute approximate surface area is 123 Å². The second-order valence-electron chi connectivity index (χ2n) is 6.51. The highest BCUT2D eigenvalue weighted by atomic mass is 14.9. The van der Waals surface area contributed by atoms with E-state index in [-0.39, 0.29) is 5.41 Å². The van der Waals surface area contributed by atoms with Crippen LogP contribution in [-0.4, -0.2) is 12.6 Å². The van der Waals surface area contributed by atoms with Crippen molar-refractivity contribution >= 4 is 0 Å². The molecular weight excluding hydrogens is 244 g/mol. The number of nitriles is 1. The van der Waals surface area contributed by atoms with Crippen molar-refractivity contribution in [3.05, 3.63) is 35.9 Å². The highest BCUT2D eigenvalue weighted by Gasteiger charge is 2.45. The molecule has 0 saturated heterocycles. The maximum absolute atomic E-state index is 9.50. The molecule has 0 bridgehead atoms. The lowest BCUT2D eigenvalue weighted by Gasteiger charge is -2.43. The third-order valence-corrected chi connectivity index (χ3v) is 4.37. The van der Waals surface area contributed by atoms with Gasteiger partial charge in [-0.1, -0.05) is 57.0 Å². The van der Waals surface area contributed by atoms with E-state index in [0.717, 1.165) is 25.3 Å². The molecule has 1 aromatic carbocycles. The molecular formula is C18H26N2. The van der Waals surface area contributed by atoms with E-state index in [1.807, 2.05) is 18.2 Å². The van der Waals surface area contributed by atoms with E-state index >= 15 is 0 Å². The fourth-order valence-electron chi connectivity index (χ4n) is 3.06. The largest absolute Gasteiger partial charge is 0.314 e. The van der Waals surface area contributed by atoms with Crippen LogP contribution < -0.4 is 5.32 Å². The number of hydrogen-bond donors (Lipinski definition) is 1. The molecule has 0 amide bonds. The summed E-state index contributed by atoms with van der Waals surface area (Å²) in [7, 11) is 0. The van der Waals surface area contributed by atoms with Crippen LogP contribution in [0.15, 0.2) is 30.3 Å². The van der Waals surface area contributed by atoms with Gasteiger partial charge in [0.05, 0.1) is 11.5 Å². The molecule has 1 aliphatic carbocycles. The number of nitrogens with zero attached hydrogens (tertiary/aromatic N) is 1. The summed E-state index contributed by atoms with van der Waals surface area (Å²) in [4.78, 5) is 0. The average Bonchev–Trinajstić information content (AvgIpc) is 2.41. The molecule has 0 unspecified atom stereocenters. The number of benzene rings is 1. The molecule has 1 fully saturated rings. The molecule has 108 valence electrons. The minimum Gasteiger partial charge on any atom is -0.314 e. The van der Waals surface area contributed by atoms with Gasteiger partial charge in [0, 0.05) is 6.04 Å². The van der Waals surface area contributed by atoms with Crippen LogP contribution in [0.1, 0.15) is 51.5 Å². The Kier molecular flexibility index (Phi) is 5.20. The van der Waals surface area contributed by atoms with Crippen LogP contribution in [-0.2, 0) is 5.41 Å². The molecule has 0 atom stereocenters. The SMILES string of the molecule is CC(C)CCCCNC1CC(C#N)(c2ccccc2)C1. The Bertz CT molecular complexity index is 438. The summed E-state index contributed by atoms with van der Waals surface area (Å²) in [5, 5.41) is 13.1. The van der Waals surface area contributed by atoms with Gasteiger partial charge in [0.25, 0.3) is 0 Å². The van der Waals surface area contributed by atoms with Crippen molar-refractivity contribution in [3.8, 4) is 6.07 Å². The Balaban J connectivity index is 1.72. The van der Waals surface area contributed by atoms with Crippen molar-refractivity contribution in [1.82, 2.24) is 5.32 Å². The average molecular weight is 270 g/mol. The summed E-state index contributed by atoms with van der Waals surface area (Å²) in [6.45, 7) is 5.65. The first-order chi connectivity index (χ1) is 9.66. The normalized spacial score (nSPS) is 25.2. The van der Waals surface area contributed by atoms with Crippen LogP contribution in [0.2, 0.25) is 0 Å². The van der Waals surface area contributed by atoms with Crippen LogP contribution in [0, 0.1) is 17.2 Å². The summed E-state index contributed by atoms with van der Waals surface area (Å²) in [6.07, 6.45) is 5.78. The van der Waals surface area contributed by atoms with Gasteiger partial charge in [0.2, 0.25) is 0 Å². The quantitative estimate of drug-likeness (QED) is 0.759. The fourth-order valence-corrected chi connectivity index (χ4v) is 3.06. The molecule has 0 radical (unpaired) electrons. The van der Waals surface area contributed by atoms with Gasteiger partial charge in [-0.25, -0.2) is 0 Å². The first kappa shape index (κ1) is 15.1. The van der Waals surface area contributed by atoms with Crippen molar-refractivity contribution < 1.29 is 0 Å². The van der Waals surface area contributed by atoms with Gasteiger partial charge < -0.3 is 5.32 Å². The zero-order valence-electron chi connectivity index (χ0n) is 12.7. The monoisotopic (exact) mass is 270 g/mol. The number of nitrogens with one attached hydrogen (secondary N) is 1. The third-order valence-electron chi connectivity index (χ3n) is 4.37. The number of unbranched alkanes of at least 4 members (excludes halogenated alkanes) is 1. The van der Waals surface area contributed by atoms with Crippen LogP contribution in [0.3, 0.4) is 0 Å². The van der Waals surface area contributed by atoms with Gasteiger partial charge in [-0.05, 0) is 37.3 Å². The molecule has 1 N–H and O–H groups in total. The Morgan fingerprint density at radius 1 is 1.25 bits per heavy atom. The minimum absolute atomic E-state index is 0.239. The summed E-state index contributed by atoms with van der Waals surface area (Å²) < 4.78 is 0. The zero-order valence-corrected chi connectivity index (χ0v) is 12.7. The lowest BCUT2D eigenvalue weighted by Crippen LogP contribution is -2.51. The van der Waals surface area contributed by atoms with Crippen molar-refractivity contribution in [2.75, 3.05) is 6.54 Å². The molecule has 2 heteroatoms. The van der Waals surface area contributed by atoms with E-state index in [0.29, 0.717) is 6.04 Å². The topological polar surface area (TPSA) is 35.8 Å². The summed E-state index contributed by atoms with van der Waals surface area (Å²) in [6, 6.07) is 13.3. The van der Waals surface area contributed by atoms with Crippen LogP contribution in [0.5, 0.6) is 0 Å². The van der Waals surface area contributed by atoms with E-state index in [1.165, 1.54) is 24.8 Å². The van der Waals surface area contributed by atoms with E-state index < -0.39 is 0 Å². The van der Waals surface area contributed by atoms with Crippen LogP contribution >= 0.6 is 0 Å². The van der Waals surface area contributed by atoms with Gasteiger partial charge in [-0.2, -0.15) is 5.26 Å². The van der Waals surface area contributed by atoms with E-state index in [4.69, 9.17) is 0 Å². The predicted octanol–water partition coefficient (Wildman–Crippen LogP) is 4.03. The standard InChI is InChI=1S/C18H26N2/c1-15(2)8-6-7-11-20-17-12-18(13-17,14-19)16-9-4-3-5-10-16/h3-5,9-10,15,17,20H,6-8,11-13H2,1-2H3. The second-order valence-corrected chi connectivity index (χ2v) is 6.51. The predicted molar refractivity (Wildman–Crippen MR) is 83.4 cm³/mol. The van der Waals surface area contributed by atoms with Gasteiger partial charge in [-0.3, -0.25) is 0 Å². The van der Waals surface area contributed by atoms with Crippen molar-refractivity contribution in [3.63, 3.8) is 0 Å². The molecule has 1 aromatic rings. The van der Waals surface area contributed by atoms with Gasteiger partial charge in [-0.15, -0.1) is 0 Å². The lowest BCUT2D eigenvalue weighted by molar-refractivity contribution is 0.226. The highest BCUT2D eigenvalue weighted by Crippen LogP contribution is 2.43. The second kappa shape index (κ2) is 6.90. The molecule has 1 aliphatic rings. The fraction of sp³-hybridized carbons (Fsp3) is 0.611. The molecule has 0 heterocycles. The van der Waals surface area contributed by atoms with Crippen molar-refractivity contribution in [2.24, 2.45) is 5.92 Å². The minimum atomic E-state index is -0.239. The van der Waals surface area contributed by atoms with E-state index in [1.54, 1.807) is 0 Å². The summed E-state index contributed by atoms with van der Waals surface area (Å²) in [5.41, 5.74) is 0.942. The van der Waals surface area contributed by atoms with Crippen LogP contribution in [0.25, 0.3) is 0 Å². The highest BCUT2D eigenvalue weighted by molar-refractivity contribution is 5.36. The van der Waals surface area contributed by atoms with Crippen molar-refractivity contribution in [2.45, 2.75) is 57.4 Å². The third kappa shape index (κ3) is 3.61. The summed E-state index contributed by atoms with van der Waals surface area (Å²) >= 11 is 0. The maximum Gasteiger partial charge on any atom is 0.0852 e. The van der Waals surface area contributed by atoms with Gasteiger partial charge >= 0.3 is 0 Å². The van der Waals surface area contributed by atoms with E-state index in [2.05, 4.69) is 37.4 Å². The lowest BCUT2D eigenvalue weighted by atomic mass is 9.62. The Morgan fingerprint density at radius 2 is 1.95 bits per heavy atom. The summed E-state index contributed by atoms with van der Waals surface area (Å²) in [5.74, 6) is 0.808. The van der Waals surface area contributed by atoms with Crippen LogP contribution in [0.4, 0.5) is 0 Å². The molecule has 0 aromatic heterocycles. The molecule has 0 spiro atoms. The molecule has 1 saturated carbocycles.